The molecule has 1 N–H and O–H groups in total. The average Bonchev–Trinajstić information content (AvgIpc) is 3.06. The molecule has 0 saturated carbocycles. The van der Waals surface area contributed by atoms with Crippen LogP contribution in [0.25, 0.3) is 0 Å². The summed E-state index contributed by atoms with van der Waals surface area (Å²) >= 11 is 0. The van der Waals surface area contributed by atoms with Gasteiger partial charge < -0.3 is 19.3 Å². The van der Waals surface area contributed by atoms with Crippen LogP contribution in [-0.2, 0) is 11.8 Å². The molecule has 0 aromatic carbocycles. The van der Waals surface area contributed by atoms with Crippen LogP contribution in [0, 0.1) is 12.8 Å². The first kappa shape index (κ1) is 17.4. The van der Waals surface area contributed by atoms with Gasteiger partial charge in [-0.3, -0.25) is 0 Å². The second-order valence-electron chi connectivity index (χ2n) is 6.48. The van der Waals surface area contributed by atoms with Gasteiger partial charge in [-0.25, -0.2) is 14.8 Å². The van der Waals surface area contributed by atoms with Gasteiger partial charge in [-0.1, -0.05) is 0 Å². The minimum Gasteiger partial charge on any atom is -0.465 e. The molecule has 1 aliphatic heterocycles. The molecule has 2 aromatic rings. The summed E-state index contributed by atoms with van der Waals surface area (Å²) in [5.74, 6) is 1.23. The first-order chi connectivity index (χ1) is 12.0. The molecule has 0 amide bonds. The molecule has 0 aliphatic carbocycles. The Hall–Kier alpha value is -2.41. The third kappa shape index (κ3) is 3.51. The number of nitrogens with zero attached hydrogens (tertiary/aromatic N) is 4. The molecule has 1 saturated heterocycles. The number of aryl methyl sites for hydroxylation is 2. The fraction of sp³-hybridized carbons (Fsp3) is 0.500. The lowest BCUT2D eigenvalue weighted by Crippen LogP contribution is -2.39. The van der Waals surface area contributed by atoms with Crippen molar-refractivity contribution in [2.75, 3.05) is 25.1 Å². The summed E-state index contributed by atoms with van der Waals surface area (Å²) in [5, 5.41) is 10.7. The van der Waals surface area contributed by atoms with Crippen molar-refractivity contribution in [3.05, 3.63) is 41.6 Å². The minimum absolute atomic E-state index is 0.0947. The molecule has 2 aromatic heterocycles. The topological polar surface area (TPSA) is 80.5 Å². The molecule has 7 nitrogen and oxygen atoms in total. The molecule has 0 bridgehead atoms. The molecule has 3 heterocycles. The third-order valence-electron chi connectivity index (χ3n) is 4.83. The lowest BCUT2D eigenvalue weighted by molar-refractivity contribution is 0.0599. The fourth-order valence-electron chi connectivity index (χ4n) is 3.40. The summed E-state index contributed by atoms with van der Waals surface area (Å²) in [6, 6.07) is 3.59. The van der Waals surface area contributed by atoms with E-state index < -0.39 is 6.10 Å². The van der Waals surface area contributed by atoms with E-state index in [2.05, 4.69) is 14.9 Å². The van der Waals surface area contributed by atoms with Gasteiger partial charge in [0.25, 0.3) is 0 Å². The zero-order valence-corrected chi connectivity index (χ0v) is 14.8. The molecule has 1 aliphatic rings. The molecule has 3 rings (SSSR count). The van der Waals surface area contributed by atoms with Gasteiger partial charge >= 0.3 is 5.97 Å². The van der Waals surface area contributed by atoms with Crippen molar-refractivity contribution in [3.63, 3.8) is 0 Å². The number of carbonyl (C=O) groups excluding carboxylic acids is 1. The van der Waals surface area contributed by atoms with E-state index >= 15 is 0 Å². The van der Waals surface area contributed by atoms with Gasteiger partial charge in [0.2, 0.25) is 0 Å². The van der Waals surface area contributed by atoms with Crippen LogP contribution in [0.2, 0.25) is 0 Å². The Kier molecular flexibility index (Phi) is 5.03. The largest absolute Gasteiger partial charge is 0.465 e. The molecule has 0 radical (unpaired) electrons. The zero-order valence-electron chi connectivity index (χ0n) is 14.8. The van der Waals surface area contributed by atoms with Crippen molar-refractivity contribution < 1.29 is 14.6 Å². The normalized spacial score (nSPS) is 18.9. The molecule has 25 heavy (non-hydrogen) atoms. The number of aliphatic hydroxyl groups excluding tert-OH is 1. The van der Waals surface area contributed by atoms with Gasteiger partial charge in [-0.2, -0.15) is 0 Å². The number of aliphatic hydroxyl groups is 1. The minimum atomic E-state index is -0.599. The van der Waals surface area contributed by atoms with E-state index in [0.717, 1.165) is 25.2 Å². The van der Waals surface area contributed by atoms with E-state index in [4.69, 9.17) is 4.74 Å². The lowest BCUT2D eigenvalue weighted by Gasteiger charge is -2.35. The van der Waals surface area contributed by atoms with Crippen LogP contribution in [0.5, 0.6) is 0 Å². The maximum Gasteiger partial charge on any atom is 0.339 e. The average molecular weight is 344 g/mol. The summed E-state index contributed by atoms with van der Waals surface area (Å²) in [6.07, 6.45) is 4.87. The van der Waals surface area contributed by atoms with Crippen molar-refractivity contribution in [3.8, 4) is 0 Å². The van der Waals surface area contributed by atoms with Crippen LogP contribution in [0.4, 0.5) is 5.82 Å². The van der Waals surface area contributed by atoms with E-state index in [0.29, 0.717) is 23.6 Å². The second-order valence-corrected chi connectivity index (χ2v) is 6.48. The zero-order chi connectivity index (χ0) is 18.0. The molecule has 2 unspecified atom stereocenters. The number of methoxy groups -OCH3 is 1. The molecule has 134 valence electrons. The second kappa shape index (κ2) is 7.23. The van der Waals surface area contributed by atoms with Crippen molar-refractivity contribution in [2.24, 2.45) is 13.0 Å². The highest BCUT2D eigenvalue weighted by molar-refractivity contribution is 5.90. The number of aromatic nitrogens is 3. The number of piperidine rings is 1. The maximum absolute atomic E-state index is 11.7. The van der Waals surface area contributed by atoms with Crippen LogP contribution in [-0.4, -0.2) is 45.8 Å². The van der Waals surface area contributed by atoms with E-state index in [1.165, 1.54) is 7.11 Å². The predicted octanol–water partition coefficient (Wildman–Crippen LogP) is 1.86. The van der Waals surface area contributed by atoms with E-state index in [-0.39, 0.29) is 11.9 Å². The van der Waals surface area contributed by atoms with Gasteiger partial charge in [0.1, 0.15) is 17.7 Å². The van der Waals surface area contributed by atoms with E-state index in [1.807, 2.05) is 23.9 Å². The summed E-state index contributed by atoms with van der Waals surface area (Å²) in [6.45, 7) is 3.39. The highest BCUT2D eigenvalue weighted by atomic mass is 16.5. The third-order valence-corrected chi connectivity index (χ3v) is 4.83. The van der Waals surface area contributed by atoms with Crippen LogP contribution < -0.4 is 4.90 Å². The summed E-state index contributed by atoms with van der Waals surface area (Å²) in [7, 11) is 3.26. The van der Waals surface area contributed by atoms with Crippen molar-refractivity contribution in [2.45, 2.75) is 25.9 Å². The van der Waals surface area contributed by atoms with Gasteiger partial charge in [-0.05, 0) is 31.9 Å². The highest BCUT2D eigenvalue weighted by Crippen LogP contribution is 2.30. The number of hydrogen-bond acceptors (Lipinski definition) is 6. The molecule has 7 heteroatoms. The lowest BCUT2D eigenvalue weighted by atomic mass is 9.92. The molecule has 0 spiro atoms. The summed E-state index contributed by atoms with van der Waals surface area (Å²) in [4.78, 5) is 22.7. The fourth-order valence-corrected chi connectivity index (χ4v) is 3.40. The predicted molar refractivity (Wildman–Crippen MR) is 93.4 cm³/mol. The van der Waals surface area contributed by atoms with Crippen LogP contribution >= 0.6 is 0 Å². The van der Waals surface area contributed by atoms with Gasteiger partial charge in [0.05, 0.1) is 18.4 Å². The maximum atomic E-state index is 11.7. The number of carbonyl (C=O) groups is 1. The number of esters is 1. The van der Waals surface area contributed by atoms with E-state index in [9.17, 15) is 9.90 Å². The Bertz CT molecular complexity index is 759. The quantitative estimate of drug-likeness (QED) is 0.853. The Labute approximate surface area is 147 Å². The first-order valence-corrected chi connectivity index (χ1v) is 8.47. The number of hydrogen-bond donors (Lipinski definition) is 1. The van der Waals surface area contributed by atoms with Crippen LogP contribution in [0.15, 0.2) is 24.5 Å². The van der Waals surface area contributed by atoms with Crippen LogP contribution in [0.3, 0.4) is 0 Å². The monoisotopic (exact) mass is 344 g/mol. The van der Waals surface area contributed by atoms with Gasteiger partial charge in [0, 0.05) is 38.4 Å². The molecular weight excluding hydrogens is 320 g/mol. The number of rotatable bonds is 4. The standard InChI is InChI=1S/C18H24N4O3/c1-12-14(18(24)25-3)6-7-15(20-12)22-9-4-5-13(11-22)16(23)17-19-8-10-21(17)2/h6-8,10,13,16,23H,4-5,9,11H2,1-3H3. The molecular formula is C18H24N4O3. The Morgan fingerprint density at radius 3 is 2.88 bits per heavy atom. The Morgan fingerprint density at radius 2 is 2.24 bits per heavy atom. The number of anilines is 1. The summed E-state index contributed by atoms with van der Waals surface area (Å²) < 4.78 is 6.63. The van der Waals surface area contributed by atoms with Gasteiger partial charge in [0.15, 0.2) is 0 Å². The number of ether oxygens (including phenoxy) is 1. The highest BCUT2D eigenvalue weighted by Gasteiger charge is 2.30. The van der Waals surface area contributed by atoms with Crippen molar-refractivity contribution in [1.29, 1.82) is 0 Å². The molecule has 2 atom stereocenters. The van der Waals surface area contributed by atoms with Crippen molar-refractivity contribution in [1.82, 2.24) is 14.5 Å². The number of imidazole rings is 1. The number of pyridine rings is 1. The SMILES string of the molecule is COC(=O)c1ccc(N2CCCC(C(O)c3nccn3C)C2)nc1C. The van der Waals surface area contributed by atoms with Crippen molar-refractivity contribution >= 4 is 11.8 Å². The first-order valence-electron chi connectivity index (χ1n) is 8.47. The Morgan fingerprint density at radius 1 is 1.44 bits per heavy atom. The van der Waals surface area contributed by atoms with Crippen LogP contribution in [0.1, 0.15) is 40.8 Å². The summed E-state index contributed by atoms with van der Waals surface area (Å²) in [5.41, 5.74) is 1.13. The Balaban J connectivity index is 1.76. The van der Waals surface area contributed by atoms with Gasteiger partial charge in [-0.15, -0.1) is 0 Å². The van der Waals surface area contributed by atoms with E-state index in [1.54, 1.807) is 19.2 Å². The molecule has 1 fully saturated rings. The smallest absolute Gasteiger partial charge is 0.339 e.